The molecule has 0 amide bonds. The molecule has 0 aliphatic heterocycles. The zero-order valence-electron chi connectivity index (χ0n) is 8.29. The van der Waals surface area contributed by atoms with E-state index in [4.69, 9.17) is 4.74 Å². The Balaban J connectivity index is 2.15. The summed E-state index contributed by atoms with van der Waals surface area (Å²) in [6.45, 7) is 2.59. The molecule has 1 aromatic rings. The Kier molecular flexibility index (Phi) is 5.75. The monoisotopic (exact) mass is 258 g/mol. The first-order valence-electron chi connectivity index (χ1n) is 4.63. The fraction of sp³-hybridized carbons (Fsp3) is 0.500. The van der Waals surface area contributed by atoms with E-state index in [0.29, 0.717) is 0 Å². The standard InChI is InChI=1S/C10H15BrN2O/c1-14-6-2-5-12-8-10-4-3-9(11)7-13-10/h3-4,7,12H,2,5-6,8H2,1H3. The van der Waals surface area contributed by atoms with Crippen LogP contribution in [0.1, 0.15) is 12.1 Å². The van der Waals surface area contributed by atoms with Gasteiger partial charge in [-0.1, -0.05) is 0 Å². The summed E-state index contributed by atoms with van der Waals surface area (Å²) >= 11 is 3.35. The Morgan fingerprint density at radius 2 is 2.36 bits per heavy atom. The molecule has 1 heterocycles. The van der Waals surface area contributed by atoms with Gasteiger partial charge in [0.1, 0.15) is 0 Å². The molecule has 78 valence electrons. The van der Waals surface area contributed by atoms with E-state index in [1.807, 2.05) is 18.3 Å². The van der Waals surface area contributed by atoms with Crippen molar-refractivity contribution >= 4 is 15.9 Å². The van der Waals surface area contributed by atoms with Crippen LogP contribution in [0.3, 0.4) is 0 Å². The highest BCUT2D eigenvalue weighted by Gasteiger charge is 1.93. The van der Waals surface area contributed by atoms with Crippen LogP contribution in [0.15, 0.2) is 22.8 Å². The first-order chi connectivity index (χ1) is 6.83. The summed E-state index contributed by atoms with van der Waals surface area (Å²) in [7, 11) is 1.72. The third-order valence-corrected chi connectivity index (χ3v) is 2.27. The lowest BCUT2D eigenvalue weighted by Crippen LogP contribution is -2.16. The molecule has 1 aromatic heterocycles. The van der Waals surface area contributed by atoms with Crippen molar-refractivity contribution in [3.8, 4) is 0 Å². The van der Waals surface area contributed by atoms with Crippen molar-refractivity contribution in [2.75, 3.05) is 20.3 Å². The summed E-state index contributed by atoms with van der Waals surface area (Å²) in [5.41, 5.74) is 1.06. The van der Waals surface area contributed by atoms with Gasteiger partial charge in [0.15, 0.2) is 0 Å². The van der Waals surface area contributed by atoms with E-state index in [1.54, 1.807) is 7.11 Å². The predicted molar refractivity (Wildman–Crippen MR) is 60.1 cm³/mol. The number of hydrogen-bond donors (Lipinski definition) is 1. The number of pyridine rings is 1. The van der Waals surface area contributed by atoms with Gasteiger partial charge < -0.3 is 10.1 Å². The van der Waals surface area contributed by atoms with Crippen LogP contribution in [0.4, 0.5) is 0 Å². The van der Waals surface area contributed by atoms with Crippen LogP contribution in [0.2, 0.25) is 0 Å². The summed E-state index contributed by atoms with van der Waals surface area (Å²) in [5.74, 6) is 0. The molecule has 1 rings (SSSR count). The molecule has 0 aromatic carbocycles. The first kappa shape index (κ1) is 11.6. The van der Waals surface area contributed by atoms with Crippen molar-refractivity contribution in [3.63, 3.8) is 0 Å². The number of nitrogens with one attached hydrogen (secondary N) is 1. The minimum atomic E-state index is 0.806. The van der Waals surface area contributed by atoms with E-state index < -0.39 is 0 Å². The van der Waals surface area contributed by atoms with Gasteiger partial charge in [-0.3, -0.25) is 4.98 Å². The van der Waals surface area contributed by atoms with Crippen LogP contribution in [0, 0.1) is 0 Å². The van der Waals surface area contributed by atoms with Crippen LogP contribution in [-0.4, -0.2) is 25.2 Å². The SMILES string of the molecule is COCCCNCc1ccc(Br)cn1. The molecule has 0 aliphatic carbocycles. The third-order valence-electron chi connectivity index (χ3n) is 1.80. The lowest BCUT2D eigenvalue weighted by molar-refractivity contribution is 0.194. The fourth-order valence-electron chi connectivity index (χ4n) is 1.07. The van der Waals surface area contributed by atoms with Crippen molar-refractivity contribution in [1.82, 2.24) is 10.3 Å². The molecule has 0 saturated carbocycles. The Labute approximate surface area is 93.0 Å². The molecule has 14 heavy (non-hydrogen) atoms. The van der Waals surface area contributed by atoms with Gasteiger partial charge >= 0.3 is 0 Å². The van der Waals surface area contributed by atoms with E-state index in [1.165, 1.54) is 0 Å². The first-order valence-corrected chi connectivity index (χ1v) is 5.42. The van der Waals surface area contributed by atoms with Gasteiger partial charge in [-0.05, 0) is 41.0 Å². The van der Waals surface area contributed by atoms with Gasteiger partial charge in [-0.25, -0.2) is 0 Å². The molecular weight excluding hydrogens is 244 g/mol. The fourth-order valence-corrected chi connectivity index (χ4v) is 1.30. The summed E-state index contributed by atoms with van der Waals surface area (Å²) in [6.07, 6.45) is 2.85. The number of methoxy groups -OCH3 is 1. The van der Waals surface area contributed by atoms with Crippen LogP contribution in [-0.2, 0) is 11.3 Å². The molecule has 0 unspecified atom stereocenters. The Morgan fingerprint density at radius 3 is 3.00 bits per heavy atom. The van der Waals surface area contributed by atoms with Gasteiger partial charge in [0, 0.05) is 30.9 Å². The lowest BCUT2D eigenvalue weighted by atomic mass is 10.3. The zero-order valence-corrected chi connectivity index (χ0v) is 9.88. The quantitative estimate of drug-likeness (QED) is 0.793. The molecule has 0 aliphatic rings. The Bertz CT molecular complexity index is 251. The minimum Gasteiger partial charge on any atom is -0.385 e. The van der Waals surface area contributed by atoms with Gasteiger partial charge in [-0.15, -0.1) is 0 Å². The Hall–Kier alpha value is -0.450. The molecule has 0 radical (unpaired) electrons. The maximum Gasteiger partial charge on any atom is 0.0542 e. The van der Waals surface area contributed by atoms with Crippen LogP contribution < -0.4 is 5.32 Å². The number of rotatable bonds is 6. The van der Waals surface area contributed by atoms with Gasteiger partial charge in [-0.2, -0.15) is 0 Å². The van der Waals surface area contributed by atoms with Crippen molar-refractivity contribution < 1.29 is 4.74 Å². The Morgan fingerprint density at radius 1 is 1.50 bits per heavy atom. The number of halogens is 1. The van der Waals surface area contributed by atoms with Crippen LogP contribution in [0.25, 0.3) is 0 Å². The molecule has 0 fully saturated rings. The topological polar surface area (TPSA) is 34.1 Å². The van der Waals surface area contributed by atoms with E-state index in [0.717, 1.165) is 36.3 Å². The average Bonchev–Trinajstić information content (AvgIpc) is 2.21. The minimum absolute atomic E-state index is 0.806. The molecule has 0 atom stereocenters. The molecule has 4 heteroatoms. The van der Waals surface area contributed by atoms with E-state index in [9.17, 15) is 0 Å². The number of aromatic nitrogens is 1. The van der Waals surface area contributed by atoms with E-state index in [2.05, 4.69) is 26.2 Å². The number of nitrogens with zero attached hydrogens (tertiary/aromatic N) is 1. The van der Waals surface area contributed by atoms with E-state index >= 15 is 0 Å². The van der Waals surface area contributed by atoms with Gasteiger partial charge in [0.2, 0.25) is 0 Å². The summed E-state index contributed by atoms with van der Waals surface area (Å²) < 4.78 is 5.96. The largest absolute Gasteiger partial charge is 0.385 e. The van der Waals surface area contributed by atoms with Gasteiger partial charge in [0.05, 0.1) is 5.69 Å². The van der Waals surface area contributed by atoms with Crippen molar-refractivity contribution in [1.29, 1.82) is 0 Å². The highest BCUT2D eigenvalue weighted by Crippen LogP contribution is 2.06. The predicted octanol–water partition coefficient (Wildman–Crippen LogP) is 1.97. The van der Waals surface area contributed by atoms with Gasteiger partial charge in [0.25, 0.3) is 0 Å². The summed E-state index contributed by atoms with van der Waals surface area (Å²) in [6, 6.07) is 4.01. The third kappa shape index (κ3) is 4.69. The highest BCUT2D eigenvalue weighted by molar-refractivity contribution is 9.10. The molecule has 0 bridgehead atoms. The maximum atomic E-state index is 4.95. The summed E-state index contributed by atoms with van der Waals surface area (Å²) in [4.78, 5) is 4.26. The van der Waals surface area contributed by atoms with Crippen molar-refractivity contribution in [2.45, 2.75) is 13.0 Å². The second-order valence-corrected chi connectivity index (χ2v) is 3.91. The molecule has 0 saturated heterocycles. The summed E-state index contributed by atoms with van der Waals surface area (Å²) in [5, 5.41) is 3.30. The molecular formula is C10H15BrN2O. The van der Waals surface area contributed by atoms with E-state index in [-0.39, 0.29) is 0 Å². The highest BCUT2D eigenvalue weighted by atomic mass is 79.9. The lowest BCUT2D eigenvalue weighted by Gasteiger charge is -2.03. The number of hydrogen-bond acceptors (Lipinski definition) is 3. The maximum absolute atomic E-state index is 4.95. The second kappa shape index (κ2) is 6.92. The second-order valence-electron chi connectivity index (χ2n) is 2.99. The van der Waals surface area contributed by atoms with Crippen LogP contribution >= 0.6 is 15.9 Å². The normalized spacial score (nSPS) is 10.4. The molecule has 3 nitrogen and oxygen atoms in total. The van der Waals surface area contributed by atoms with Crippen molar-refractivity contribution in [3.05, 3.63) is 28.5 Å². The van der Waals surface area contributed by atoms with Crippen molar-refractivity contribution in [2.24, 2.45) is 0 Å². The number of ether oxygens (including phenoxy) is 1. The van der Waals surface area contributed by atoms with Crippen LogP contribution in [0.5, 0.6) is 0 Å². The molecule has 0 spiro atoms. The zero-order chi connectivity index (χ0) is 10.2. The molecule has 1 N–H and O–H groups in total. The smallest absolute Gasteiger partial charge is 0.0542 e. The average molecular weight is 259 g/mol.